The normalized spacial score (nSPS) is 40.3. The van der Waals surface area contributed by atoms with E-state index in [0.717, 1.165) is 19.3 Å². The maximum Gasteiger partial charge on any atom is 0.344 e. The van der Waals surface area contributed by atoms with E-state index in [1.54, 1.807) is 0 Å². The predicted octanol–water partition coefficient (Wildman–Crippen LogP) is 6.50. The number of esters is 2. The molecule has 0 aromatic heterocycles. The van der Waals surface area contributed by atoms with Crippen LogP contribution < -0.4 is 0 Å². The monoisotopic (exact) mass is 544 g/mol. The lowest BCUT2D eigenvalue weighted by Crippen LogP contribution is -2.57. The third kappa shape index (κ3) is 5.76. The molecule has 0 aliphatic heterocycles. The first-order valence-electron chi connectivity index (χ1n) is 14.8. The number of aliphatic hydroxyl groups is 1. The van der Waals surface area contributed by atoms with E-state index in [1.165, 1.54) is 38.5 Å². The Hall–Kier alpha value is -1.31. The van der Waals surface area contributed by atoms with Gasteiger partial charge >= 0.3 is 11.9 Å². The average Bonchev–Trinajstić information content (AvgIpc) is 3.21. The zero-order valence-corrected chi connectivity index (χ0v) is 23.5. The van der Waals surface area contributed by atoms with E-state index in [2.05, 4.69) is 25.5 Å². The van der Waals surface area contributed by atoms with Gasteiger partial charge in [0.15, 0.2) is 12.8 Å². The van der Waals surface area contributed by atoms with Gasteiger partial charge in [-0.3, -0.25) is 4.79 Å². The molecule has 38 heavy (non-hydrogen) atoms. The Bertz CT molecular complexity index is 861. The van der Waals surface area contributed by atoms with Gasteiger partial charge in [-0.2, -0.15) is 0 Å². The van der Waals surface area contributed by atoms with Crippen molar-refractivity contribution in [3.05, 3.63) is 0 Å². The van der Waals surface area contributed by atoms with Crippen LogP contribution in [0.3, 0.4) is 0 Å². The highest BCUT2D eigenvalue weighted by Crippen LogP contribution is 2.68. The van der Waals surface area contributed by atoms with Gasteiger partial charge in [0.2, 0.25) is 0 Å². The first-order valence-corrected chi connectivity index (χ1v) is 14.8. The maximum atomic E-state index is 13.2. The van der Waals surface area contributed by atoms with E-state index in [4.69, 9.17) is 4.74 Å². The maximum absolute atomic E-state index is 13.2. The van der Waals surface area contributed by atoms with E-state index < -0.39 is 37.2 Å². The van der Waals surface area contributed by atoms with Crippen LogP contribution in [0.2, 0.25) is 0 Å². The number of halogens is 3. The van der Waals surface area contributed by atoms with Crippen LogP contribution in [0, 0.1) is 46.3 Å². The molecule has 8 heteroatoms. The number of rotatable bonds is 9. The minimum absolute atomic E-state index is 0.150. The fourth-order valence-electron chi connectivity index (χ4n) is 9.34. The van der Waals surface area contributed by atoms with Crippen LogP contribution in [0.15, 0.2) is 0 Å². The zero-order valence-electron chi connectivity index (χ0n) is 23.5. The summed E-state index contributed by atoms with van der Waals surface area (Å²) < 4.78 is 48.3. The summed E-state index contributed by atoms with van der Waals surface area (Å²) in [5.74, 6) is -2.29. The number of carbonyl (C=O) groups excluding carboxylic acids is 2. The molecule has 4 aliphatic carbocycles. The molecule has 0 saturated heterocycles. The van der Waals surface area contributed by atoms with Crippen molar-refractivity contribution in [2.45, 2.75) is 117 Å². The molecule has 218 valence electrons. The number of carbonyl (C=O) groups is 2. The molecule has 0 spiro atoms. The summed E-state index contributed by atoms with van der Waals surface area (Å²) in [5.41, 5.74) is 0.512. The molecule has 0 bridgehead atoms. The van der Waals surface area contributed by atoms with Crippen molar-refractivity contribution in [3.8, 4) is 0 Å². The van der Waals surface area contributed by atoms with Crippen molar-refractivity contribution in [1.29, 1.82) is 0 Å². The zero-order chi connectivity index (χ0) is 27.9. The summed E-state index contributed by atoms with van der Waals surface area (Å²) in [4.78, 5) is 23.9. The number of ether oxygens (including phenoxy) is 2. The second-order valence-corrected chi connectivity index (χ2v) is 13.6. The Kier molecular flexibility index (Phi) is 8.81. The van der Waals surface area contributed by atoms with Gasteiger partial charge in [-0.05, 0) is 97.7 Å². The van der Waals surface area contributed by atoms with Gasteiger partial charge in [0.1, 0.15) is 6.61 Å². The summed E-state index contributed by atoms with van der Waals surface area (Å²) in [7, 11) is 0. The number of hydrogen-bond donors (Lipinski definition) is 1. The first-order chi connectivity index (χ1) is 17.8. The van der Waals surface area contributed by atoms with Crippen LogP contribution in [0.4, 0.5) is 13.2 Å². The van der Waals surface area contributed by atoms with Gasteiger partial charge in [0.05, 0.1) is 6.10 Å². The summed E-state index contributed by atoms with van der Waals surface area (Å²) in [6.45, 7) is 5.74. The fourth-order valence-corrected chi connectivity index (χ4v) is 9.34. The summed E-state index contributed by atoms with van der Waals surface area (Å²) in [5, 5.41) is 11.4. The third-order valence-corrected chi connectivity index (χ3v) is 11.5. The summed E-state index contributed by atoms with van der Waals surface area (Å²) >= 11 is 0. The van der Waals surface area contributed by atoms with Gasteiger partial charge in [-0.1, -0.05) is 33.6 Å². The molecule has 0 amide bonds. The second kappa shape index (κ2) is 11.3. The van der Waals surface area contributed by atoms with Crippen molar-refractivity contribution in [2.75, 3.05) is 13.2 Å². The molecular weight excluding hydrogens is 497 g/mol. The molecule has 4 fully saturated rings. The van der Waals surface area contributed by atoms with Crippen LogP contribution in [0.5, 0.6) is 0 Å². The van der Waals surface area contributed by atoms with Crippen LogP contribution in [0.1, 0.15) is 98.3 Å². The SMILES string of the molecule is C[C@H](CCC(=O)OCC(=O)OCC(F)C(C)(F)F)[C@H]1CC[C@H]2[C@@H]3[C@H](O)C[C@@H]4CCCC[C@]4(C)[C@H]3CC[C@]12C. The van der Waals surface area contributed by atoms with Crippen molar-refractivity contribution in [2.24, 2.45) is 46.3 Å². The molecule has 1 unspecified atom stereocenters. The van der Waals surface area contributed by atoms with E-state index >= 15 is 0 Å². The number of alkyl halides is 3. The molecule has 0 heterocycles. The Morgan fingerprint density at radius 2 is 1.71 bits per heavy atom. The minimum Gasteiger partial charge on any atom is -0.460 e. The van der Waals surface area contributed by atoms with Crippen LogP contribution in [-0.2, 0) is 19.1 Å². The highest BCUT2D eigenvalue weighted by molar-refractivity contribution is 5.76. The highest BCUT2D eigenvalue weighted by Gasteiger charge is 2.62. The highest BCUT2D eigenvalue weighted by atomic mass is 19.3. The Morgan fingerprint density at radius 1 is 1.00 bits per heavy atom. The summed E-state index contributed by atoms with van der Waals surface area (Å²) in [6, 6.07) is 0. The molecule has 0 radical (unpaired) electrons. The van der Waals surface area contributed by atoms with Crippen LogP contribution in [-0.4, -0.2) is 48.5 Å². The van der Waals surface area contributed by atoms with E-state index in [1.807, 2.05) is 0 Å². The average molecular weight is 545 g/mol. The van der Waals surface area contributed by atoms with Crippen molar-refractivity contribution < 1.29 is 37.3 Å². The Morgan fingerprint density at radius 3 is 2.42 bits per heavy atom. The molecule has 0 aromatic rings. The topological polar surface area (TPSA) is 72.8 Å². The number of aliphatic hydroxyl groups excluding tert-OH is 1. The van der Waals surface area contributed by atoms with Gasteiger partial charge in [-0.25, -0.2) is 18.0 Å². The third-order valence-electron chi connectivity index (χ3n) is 11.5. The van der Waals surface area contributed by atoms with Gasteiger partial charge < -0.3 is 14.6 Å². The number of fused-ring (bicyclic) bond motifs is 5. The standard InChI is InChI=1S/C30H47F3O5/c1-18(8-11-25(35)38-17-26(36)37-16-24(31)30(4,32)33)20-9-10-21-27-22(12-14-29(20,21)3)28(2)13-6-5-7-19(28)15-23(27)34/h18-24,27,34H,5-17H2,1-4H3/t18-,19+,20-,21+,22+,23-,24?,27+,28+,29-/m1/s1. The van der Waals surface area contributed by atoms with E-state index in [-0.39, 0.29) is 17.9 Å². The van der Waals surface area contributed by atoms with E-state index in [9.17, 15) is 27.9 Å². The quantitative estimate of drug-likeness (QED) is 0.336. The Balaban J connectivity index is 1.27. The van der Waals surface area contributed by atoms with Crippen LogP contribution in [0.25, 0.3) is 0 Å². The van der Waals surface area contributed by atoms with Crippen molar-refractivity contribution in [1.82, 2.24) is 0 Å². The lowest BCUT2D eigenvalue weighted by molar-refractivity contribution is -0.165. The molecule has 5 nitrogen and oxygen atoms in total. The number of hydrogen-bond acceptors (Lipinski definition) is 5. The van der Waals surface area contributed by atoms with Gasteiger partial charge in [0.25, 0.3) is 5.92 Å². The van der Waals surface area contributed by atoms with Crippen LogP contribution >= 0.6 is 0 Å². The second-order valence-electron chi connectivity index (χ2n) is 13.6. The largest absolute Gasteiger partial charge is 0.460 e. The van der Waals surface area contributed by atoms with Gasteiger partial charge in [-0.15, -0.1) is 0 Å². The first kappa shape index (κ1) is 29.7. The fraction of sp³-hybridized carbons (Fsp3) is 0.933. The molecule has 0 aromatic carbocycles. The molecule has 1 N–H and O–H groups in total. The summed E-state index contributed by atoms with van der Waals surface area (Å²) in [6.07, 6.45) is 8.68. The van der Waals surface area contributed by atoms with Crippen molar-refractivity contribution >= 4 is 11.9 Å². The predicted molar refractivity (Wildman–Crippen MR) is 137 cm³/mol. The Labute approximate surface area is 225 Å². The smallest absolute Gasteiger partial charge is 0.344 e. The molecular formula is C30H47F3O5. The van der Waals surface area contributed by atoms with Gasteiger partial charge in [0, 0.05) is 13.3 Å². The lowest BCUT2D eigenvalue weighted by Gasteiger charge is -2.62. The molecule has 4 aliphatic rings. The van der Waals surface area contributed by atoms with E-state index in [0.29, 0.717) is 54.3 Å². The lowest BCUT2D eigenvalue weighted by atomic mass is 9.44. The van der Waals surface area contributed by atoms with Crippen molar-refractivity contribution in [3.63, 3.8) is 0 Å². The molecule has 4 rings (SSSR count). The molecule has 4 saturated carbocycles. The minimum atomic E-state index is -3.60. The molecule has 10 atom stereocenters.